The number of carbonyl (C=O) groups is 1. The van der Waals surface area contributed by atoms with Crippen molar-refractivity contribution in [2.24, 2.45) is 0 Å². The van der Waals surface area contributed by atoms with Gasteiger partial charge in [0.05, 0.1) is 16.4 Å². The van der Waals surface area contributed by atoms with Crippen LogP contribution in [0.2, 0.25) is 5.02 Å². The zero-order chi connectivity index (χ0) is 20.6. The van der Waals surface area contributed by atoms with Crippen LogP contribution in [0.15, 0.2) is 41.3 Å². The minimum atomic E-state index is -4.66. The predicted molar refractivity (Wildman–Crippen MR) is 96.9 cm³/mol. The van der Waals surface area contributed by atoms with Crippen LogP contribution in [0.25, 0.3) is 5.69 Å². The summed E-state index contributed by atoms with van der Waals surface area (Å²) in [5, 5.41) is 7.86. The van der Waals surface area contributed by atoms with Crippen LogP contribution in [-0.2, 0) is 10.0 Å². The fraction of sp³-hybridized carbons (Fsp3) is 0.118. The first-order valence-electron chi connectivity index (χ1n) is 7.81. The van der Waals surface area contributed by atoms with Gasteiger partial charge in [-0.05, 0) is 49.7 Å². The molecule has 0 unspecified atom stereocenters. The number of aromatic nitrogens is 3. The molecule has 0 radical (unpaired) electrons. The lowest BCUT2D eigenvalue weighted by Gasteiger charge is -2.08. The molecule has 0 atom stereocenters. The predicted octanol–water partition coefficient (Wildman–Crippen LogP) is 2.93. The van der Waals surface area contributed by atoms with Crippen molar-refractivity contribution in [2.75, 3.05) is 0 Å². The van der Waals surface area contributed by atoms with Gasteiger partial charge in [-0.1, -0.05) is 22.9 Å². The summed E-state index contributed by atoms with van der Waals surface area (Å²) in [6.07, 6.45) is 0. The maximum absolute atomic E-state index is 13.8. The van der Waals surface area contributed by atoms with Gasteiger partial charge in [0.25, 0.3) is 15.9 Å². The zero-order valence-corrected chi connectivity index (χ0v) is 16.1. The first-order chi connectivity index (χ1) is 13.1. The van der Waals surface area contributed by atoms with Crippen molar-refractivity contribution in [3.63, 3.8) is 0 Å². The van der Waals surface area contributed by atoms with Crippen LogP contribution in [0.1, 0.15) is 21.7 Å². The average Bonchev–Trinajstić information content (AvgIpc) is 2.98. The molecule has 0 aliphatic rings. The van der Waals surface area contributed by atoms with Gasteiger partial charge in [-0.2, -0.15) is 0 Å². The quantitative estimate of drug-likeness (QED) is 0.692. The average molecular weight is 427 g/mol. The fourth-order valence-corrected chi connectivity index (χ4v) is 3.82. The van der Waals surface area contributed by atoms with Gasteiger partial charge in [-0.15, -0.1) is 5.10 Å². The smallest absolute Gasteiger partial charge is 0.266 e. The lowest BCUT2D eigenvalue weighted by Crippen LogP contribution is -2.32. The van der Waals surface area contributed by atoms with E-state index in [0.717, 1.165) is 11.6 Å². The summed E-state index contributed by atoms with van der Waals surface area (Å²) >= 11 is 6.18. The summed E-state index contributed by atoms with van der Waals surface area (Å²) in [4.78, 5) is 11.4. The molecular formula is C17H13ClF2N4O3S. The minimum absolute atomic E-state index is 0.207. The second kappa shape index (κ2) is 7.28. The number of carbonyl (C=O) groups excluding carboxylic acids is 1. The number of nitrogens with zero attached hydrogens (tertiary/aromatic N) is 3. The third kappa shape index (κ3) is 3.73. The maximum Gasteiger partial charge on any atom is 0.287 e. The molecule has 0 saturated carbocycles. The van der Waals surface area contributed by atoms with Crippen molar-refractivity contribution in [3.05, 3.63) is 70.0 Å². The molecule has 1 aromatic heterocycles. The summed E-state index contributed by atoms with van der Waals surface area (Å²) in [6, 6.07) is 7.02. The molecule has 0 saturated heterocycles. The van der Waals surface area contributed by atoms with Crippen molar-refractivity contribution >= 4 is 27.5 Å². The van der Waals surface area contributed by atoms with Crippen LogP contribution in [-0.4, -0.2) is 29.3 Å². The molecule has 0 aliphatic heterocycles. The minimum Gasteiger partial charge on any atom is -0.266 e. The van der Waals surface area contributed by atoms with E-state index in [1.54, 1.807) is 22.9 Å². The lowest BCUT2D eigenvalue weighted by molar-refractivity contribution is 0.0976. The van der Waals surface area contributed by atoms with E-state index >= 15 is 0 Å². The number of sulfonamides is 1. The van der Waals surface area contributed by atoms with Crippen molar-refractivity contribution in [1.82, 2.24) is 19.7 Å². The molecule has 1 heterocycles. The number of benzene rings is 2. The van der Waals surface area contributed by atoms with Crippen LogP contribution in [0.3, 0.4) is 0 Å². The standard InChI is InChI=1S/C17H13ClF2N4O3S/c1-9-3-6-14(12(18)7-9)24-10(2)16(21-23-24)17(25)22-28(26,27)15-8-11(19)4-5-13(15)20/h3-8H,1-2H3,(H,22,25). The molecule has 3 rings (SSSR count). The summed E-state index contributed by atoms with van der Waals surface area (Å²) < 4.78 is 54.5. The van der Waals surface area contributed by atoms with Gasteiger partial charge in [0.1, 0.15) is 16.5 Å². The van der Waals surface area contributed by atoms with Crippen LogP contribution < -0.4 is 4.72 Å². The van der Waals surface area contributed by atoms with Gasteiger partial charge in [-0.25, -0.2) is 26.6 Å². The molecule has 7 nitrogen and oxygen atoms in total. The SMILES string of the molecule is Cc1ccc(-n2nnc(C(=O)NS(=O)(=O)c3cc(F)ccc3F)c2C)c(Cl)c1. The van der Waals surface area contributed by atoms with Crippen LogP contribution >= 0.6 is 11.6 Å². The van der Waals surface area contributed by atoms with E-state index in [2.05, 4.69) is 10.3 Å². The molecule has 0 fully saturated rings. The summed E-state index contributed by atoms with van der Waals surface area (Å²) in [6.45, 7) is 3.33. The van der Waals surface area contributed by atoms with Crippen LogP contribution in [0, 0.1) is 25.5 Å². The normalized spacial score (nSPS) is 11.5. The number of aryl methyl sites for hydroxylation is 1. The van der Waals surface area contributed by atoms with Crippen molar-refractivity contribution in [2.45, 2.75) is 18.7 Å². The highest BCUT2D eigenvalue weighted by molar-refractivity contribution is 7.90. The van der Waals surface area contributed by atoms with Gasteiger partial charge in [0, 0.05) is 0 Å². The van der Waals surface area contributed by atoms with E-state index in [4.69, 9.17) is 11.6 Å². The Balaban J connectivity index is 1.94. The monoisotopic (exact) mass is 426 g/mol. The molecule has 11 heteroatoms. The highest BCUT2D eigenvalue weighted by Gasteiger charge is 2.26. The Morgan fingerprint density at radius 1 is 1.14 bits per heavy atom. The second-order valence-corrected chi connectivity index (χ2v) is 7.96. The fourth-order valence-electron chi connectivity index (χ4n) is 2.46. The van der Waals surface area contributed by atoms with Crippen LogP contribution in [0.4, 0.5) is 8.78 Å². The van der Waals surface area contributed by atoms with Gasteiger partial charge < -0.3 is 0 Å². The van der Waals surface area contributed by atoms with Gasteiger partial charge in [0.2, 0.25) is 0 Å². The summed E-state index contributed by atoms with van der Waals surface area (Å²) in [5.41, 5.74) is 1.25. The number of nitrogens with one attached hydrogen (secondary N) is 1. The van der Waals surface area contributed by atoms with Gasteiger partial charge in [-0.3, -0.25) is 4.79 Å². The Kier molecular flexibility index (Phi) is 5.18. The van der Waals surface area contributed by atoms with Crippen molar-refractivity contribution in [1.29, 1.82) is 0 Å². The molecule has 2 aromatic carbocycles. The number of rotatable bonds is 4. The Morgan fingerprint density at radius 2 is 1.86 bits per heavy atom. The number of amides is 1. The van der Waals surface area contributed by atoms with Crippen molar-refractivity contribution < 1.29 is 22.0 Å². The molecule has 0 aliphatic carbocycles. The van der Waals surface area contributed by atoms with E-state index < -0.39 is 32.5 Å². The first kappa shape index (κ1) is 19.9. The van der Waals surface area contributed by atoms with E-state index in [1.807, 2.05) is 6.92 Å². The highest BCUT2D eigenvalue weighted by atomic mass is 35.5. The van der Waals surface area contributed by atoms with E-state index in [0.29, 0.717) is 22.8 Å². The number of hydrogen-bond acceptors (Lipinski definition) is 5. The Morgan fingerprint density at radius 3 is 2.54 bits per heavy atom. The molecular weight excluding hydrogens is 414 g/mol. The Labute approximate surface area is 164 Å². The number of halogens is 3. The molecule has 28 heavy (non-hydrogen) atoms. The summed E-state index contributed by atoms with van der Waals surface area (Å²) in [7, 11) is -4.66. The Hall–Kier alpha value is -2.85. The Bertz CT molecular complexity index is 1200. The second-order valence-electron chi connectivity index (χ2n) is 5.90. The zero-order valence-electron chi connectivity index (χ0n) is 14.6. The third-order valence-electron chi connectivity index (χ3n) is 3.85. The molecule has 0 spiro atoms. The molecule has 3 aromatic rings. The first-order valence-corrected chi connectivity index (χ1v) is 9.67. The van der Waals surface area contributed by atoms with Crippen LogP contribution in [0.5, 0.6) is 0 Å². The third-order valence-corrected chi connectivity index (χ3v) is 5.50. The van der Waals surface area contributed by atoms with E-state index in [1.165, 1.54) is 11.6 Å². The van der Waals surface area contributed by atoms with Gasteiger partial charge in [0.15, 0.2) is 5.69 Å². The largest absolute Gasteiger partial charge is 0.287 e. The van der Waals surface area contributed by atoms with E-state index in [9.17, 15) is 22.0 Å². The van der Waals surface area contributed by atoms with Gasteiger partial charge >= 0.3 is 0 Å². The molecule has 146 valence electrons. The molecule has 1 N–H and O–H groups in total. The topological polar surface area (TPSA) is 93.9 Å². The van der Waals surface area contributed by atoms with E-state index in [-0.39, 0.29) is 11.4 Å². The molecule has 0 bridgehead atoms. The van der Waals surface area contributed by atoms with Crippen molar-refractivity contribution in [3.8, 4) is 5.69 Å². The maximum atomic E-state index is 13.8. The molecule has 1 amide bonds. The number of hydrogen-bond donors (Lipinski definition) is 1. The lowest BCUT2D eigenvalue weighted by atomic mass is 10.2. The highest BCUT2D eigenvalue weighted by Crippen LogP contribution is 2.23. The summed E-state index contributed by atoms with van der Waals surface area (Å²) in [5.74, 6) is -3.31.